The van der Waals surface area contributed by atoms with Gasteiger partial charge in [0.2, 0.25) is 10.0 Å². The Morgan fingerprint density at radius 3 is 2.50 bits per heavy atom. The van der Waals surface area contributed by atoms with Crippen molar-refractivity contribution >= 4 is 21.4 Å². The minimum Gasteiger partial charge on any atom is -0.397 e. The van der Waals surface area contributed by atoms with Crippen LogP contribution in [0.25, 0.3) is 0 Å². The highest BCUT2D eigenvalue weighted by atomic mass is 32.2. The van der Waals surface area contributed by atoms with Gasteiger partial charge in [0.15, 0.2) is 0 Å². The maximum atomic E-state index is 12.0. The summed E-state index contributed by atoms with van der Waals surface area (Å²) in [6.45, 7) is 0. The molecule has 1 aliphatic rings. The van der Waals surface area contributed by atoms with Crippen molar-refractivity contribution in [2.75, 3.05) is 32.3 Å². The zero-order valence-electron chi connectivity index (χ0n) is 12.0. The average Bonchev–Trinajstić information content (AvgIpc) is 2.34. The van der Waals surface area contributed by atoms with Crippen molar-refractivity contribution < 1.29 is 13.2 Å². The number of rotatable bonds is 5. The summed E-state index contributed by atoms with van der Waals surface area (Å²) in [5, 5.41) is 3.31. The van der Waals surface area contributed by atoms with Crippen molar-refractivity contribution in [2.45, 2.75) is 29.9 Å². The minimum absolute atomic E-state index is 0.203. The molecule has 0 spiro atoms. The van der Waals surface area contributed by atoms with Crippen LogP contribution in [0, 0.1) is 0 Å². The third-order valence-corrected chi connectivity index (χ3v) is 5.40. The van der Waals surface area contributed by atoms with Crippen LogP contribution >= 0.6 is 0 Å². The van der Waals surface area contributed by atoms with E-state index in [9.17, 15) is 8.42 Å². The highest BCUT2D eigenvalue weighted by Gasteiger charge is 2.29. The fourth-order valence-corrected chi connectivity index (χ4v) is 3.08. The maximum Gasteiger partial charge on any atom is 0.242 e. The number of nitrogens with two attached hydrogens (primary N) is 1. The Morgan fingerprint density at radius 2 is 2.00 bits per heavy atom. The molecule has 0 bridgehead atoms. The van der Waals surface area contributed by atoms with Crippen molar-refractivity contribution in [3.8, 4) is 0 Å². The van der Waals surface area contributed by atoms with Gasteiger partial charge < -0.3 is 15.8 Å². The molecule has 20 heavy (non-hydrogen) atoms. The molecule has 0 atom stereocenters. The van der Waals surface area contributed by atoms with E-state index >= 15 is 0 Å². The number of hydrogen-bond donors (Lipinski definition) is 2. The van der Waals surface area contributed by atoms with E-state index in [-0.39, 0.29) is 4.90 Å². The lowest BCUT2D eigenvalue weighted by molar-refractivity contribution is 0.0329. The average molecular weight is 299 g/mol. The molecule has 1 aliphatic carbocycles. The van der Waals surface area contributed by atoms with E-state index in [4.69, 9.17) is 10.5 Å². The molecule has 7 heteroatoms. The van der Waals surface area contributed by atoms with Crippen molar-refractivity contribution in [1.82, 2.24) is 4.31 Å². The second kappa shape index (κ2) is 5.59. The van der Waals surface area contributed by atoms with Gasteiger partial charge in [0.05, 0.1) is 22.4 Å². The van der Waals surface area contributed by atoms with Crippen LogP contribution in [0.1, 0.15) is 12.8 Å². The quantitative estimate of drug-likeness (QED) is 0.796. The van der Waals surface area contributed by atoms with Gasteiger partial charge in [-0.3, -0.25) is 0 Å². The number of methoxy groups -OCH3 is 1. The third kappa shape index (κ3) is 2.89. The summed E-state index contributed by atoms with van der Waals surface area (Å²) in [5.74, 6) is 0. The molecule has 1 saturated carbocycles. The number of benzene rings is 1. The second-order valence-corrected chi connectivity index (χ2v) is 7.36. The predicted molar refractivity (Wildman–Crippen MR) is 79.2 cm³/mol. The summed E-state index contributed by atoms with van der Waals surface area (Å²) in [5.41, 5.74) is 7.14. The molecule has 1 aromatic carbocycles. The normalized spacial score (nSPS) is 22.6. The lowest BCUT2D eigenvalue weighted by Crippen LogP contribution is -2.40. The predicted octanol–water partition coefficient (Wildman–Crippen LogP) is 1.11. The maximum absolute atomic E-state index is 12.0. The van der Waals surface area contributed by atoms with Crippen molar-refractivity contribution in [3.63, 3.8) is 0 Å². The number of nitrogens with one attached hydrogen (secondary N) is 1. The second-order valence-electron chi connectivity index (χ2n) is 5.21. The number of ether oxygens (including phenoxy) is 1. The summed E-state index contributed by atoms with van der Waals surface area (Å²) >= 11 is 0. The van der Waals surface area contributed by atoms with Crippen LogP contribution in [-0.4, -0.2) is 46.1 Å². The summed E-state index contributed by atoms with van der Waals surface area (Å²) < 4.78 is 30.4. The Morgan fingerprint density at radius 1 is 1.35 bits per heavy atom. The van der Waals surface area contributed by atoms with Gasteiger partial charge in [-0.2, -0.15) is 0 Å². The monoisotopic (exact) mass is 299 g/mol. The number of sulfonamides is 1. The van der Waals surface area contributed by atoms with E-state index in [0.29, 0.717) is 17.8 Å². The zero-order valence-corrected chi connectivity index (χ0v) is 12.8. The topological polar surface area (TPSA) is 84.7 Å². The van der Waals surface area contributed by atoms with Crippen LogP contribution in [0.15, 0.2) is 23.1 Å². The molecule has 0 radical (unpaired) electrons. The Kier molecular flexibility index (Phi) is 4.22. The molecule has 6 nitrogen and oxygen atoms in total. The van der Waals surface area contributed by atoms with Gasteiger partial charge in [0, 0.05) is 27.2 Å². The first-order valence-electron chi connectivity index (χ1n) is 6.46. The van der Waals surface area contributed by atoms with Gasteiger partial charge in [-0.05, 0) is 31.0 Å². The van der Waals surface area contributed by atoms with Crippen LogP contribution in [0.5, 0.6) is 0 Å². The van der Waals surface area contributed by atoms with Crippen LogP contribution in [0.2, 0.25) is 0 Å². The van der Waals surface area contributed by atoms with Gasteiger partial charge in [-0.15, -0.1) is 0 Å². The minimum atomic E-state index is -3.44. The first-order chi connectivity index (χ1) is 9.34. The molecular weight excluding hydrogens is 278 g/mol. The SMILES string of the molecule is COC1CC(Nc2ccc(S(=O)(=O)N(C)C)cc2N)C1. The molecule has 0 amide bonds. The fourth-order valence-electron chi connectivity index (χ4n) is 2.14. The van der Waals surface area contributed by atoms with E-state index in [1.54, 1.807) is 19.2 Å². The summed E-state index contributed by atoms with van der Waals surface area (Å²) in [6.07, 6.45) is 2.18. The van der Waals surface area contributed by atoms with Crippen LogP contribution in [0.3, 0.4) is 0 Å². The largest absolute Gasteiger partial charge is 0.397 e. The molecule has 0 aromatic heterocycles. The first-order valence-corrected chi connectivity index (χ1v) is 7.90. The Labute approximate surface area is 120 Å². The number of anilines is 2. The number of nitrogen functional groups attached to an aromatic ring is 1. The molecule has 112 valence electrons. The van der Waals surface area contributed by atoms with Gasteiger partial charge in [-0.25, -0.2) is 12.7 Å². The standard InChI is InChI=1S/C13H21N3O3S/c1-16(2)20(17,18)11-4-5-13(12(14)8-11)15-9-6-10(7-9)19-3/h4-5,8-10,15H,6-7,14H2,1-3H3. The molecule has 0 unspecified atom stereocenters. The first kappa shape index (κ1) is 15.1. The van der Waals surface area contributed by atoms with E-state index in [0.717, 1.165) is 18.5 Å². The molecular formula is C13H21N3O3S. The van der Waals surface area contributed by atoms with Crippen molar-refractivity contribution in [2.24, 2.45) is 0 Å². The van der Waals surface area contributed by atoms with Crippen molar-refractivity contribution in [1.29, 1.82) is 0 Å². The Balaban J connectivity index is 2.11. The smallest absolute Gasteiger partial charge is 0.242 e. The van der Waals surface area contributed by atoms with Crippen LogP contribution in [0.4, 0.5) is 11.4 Å². The van der Waals surface area contributed by atoms with Crippen LogP contribution < -0.4 is 11.1 Å². The Bertz CT molecular complexity index is 581. The molecule has 3 N–H and O–H groups in total. The fraction of sp³-hybridized carbons (Fsp3) is 0.538. The van der Waals surface area contributed by atoms with E-state index in [1.807, 2.05) is 0 Å². The summed E-state index contributed by atoms with van der Waals surface area (Å²) in [7, 11) is 1.26. The van der Waals surface area contributed by atoms with E-state index < -0.39 is 10.0 Å². The molecule has 0 aliphatic heterocycles. The van der Waals surface area contributed by atoms with E-state index in [1.165, 1.54) is 24.5 Å². The number of hydrogen-bond acceptors (Lipinski definition) is 5. The van der Waals surface area contributed by atoms with Gasteiger partial charge in [0.1, 0.15) is 0 Å². The third-order valence-electron chi connectivity index (χ3n) is 3.59. The van der Waals surface area contributed by atoms with Gasteiger partial charge in [-0.1, -0.05) is 0 Å². The lowest BCUT2D eigenvalue weighted by atomic mass is 9.89. The van der Waals surface area contributed by atoms with E-state index in [2.05, 4.69) is 5.32 Å². The van der Waals surface area contributed by atoms with Crippen molar-refractivity contribution in [3.05, 3.63) is 18.2 Å². The van der Waals surface area contributed by atoms with Gasteiger partial charge in [0.25, 0.3) is 0 Å². The molecule has 1 aromatic rings. The number of nitrogens with zero attached hydrogens (tertiary/aromatic N) is 1. The molecule has 0 saturated heterocycles. The molecule has 1 fully saturated rings. The molecule has 2 rings (SSSR count). The summed E-state index contributed by atoms with van der Waals surface area (Å²) in [6, 6.07) is 5.11. The lowest BCUT2D eigenvalue weighted by Gasteiger charge is -2.35. The van der Waals surface area contributed by atoms with Gasteiger partial charge >= 0.3 is 0 Å². The molecule has 0 heterocycles. The zero-order chi connectivity index (χ0) is 14.9. The van der Waals surface area contributed by atoms with Crippen LogP contribution in [-0.2, 0) is 14.8 Å². The Hall–Kier alpha value is -1.31. The summed E-state index contributed by atoms with van der Waals surface area (Å²) in [4.78, 5) is 0.203. The highest BCUT2D eigenvalue weighted by Crippen LogP contribution is 2.30. The highest BCUT2D eigenvalue weighted by molar-refractivity contribution is 7.89.